The summed E-state index contributed by atoms with van der Waals surface area (Å²) >= 11 is 0. The molecule has 16 heavy (non-hydrogen) atoms. The topological polar surface area (TPSA) is 52.1 Å². The van der Waals surface area contributed by atoms with Crippen LogP contribution in [0.15, 0.2) is 12.4 Å². The summed E-state index contributed by atoms with van der Waals surface area (Å²) < 4.78 is 4.84. The molecule has 0 N–H and O–H groups in total. The molecule has 1 aliphatic rings. The average molecular weight is 220 g/mol. The van der Waals surface area contributed by atoms with E-state index >= 15 is 0 Å². The predicted octanol–water partition coefficient (Wildman–Crippen LogP) is 1.85. The Morgan fingerprint density at radius 2 is 2.12 bits per heavy atom. The zero-order chi connectivity index (χ0) is 11.4. The number of carbonyl (C=O) groups excluding carboxylic acids is 1. The number of ether oxygens (including phenoxy) is 1. The van der Waals surface area contributed by atoms with Gasteiger partial charge in [0.15, 0.2) is 0 Å². The number of hydrogen-bond donors (Lipinski definition) is 0. The van der Waals surface area contributed by atoms with E-state index in [2.05, 4.69) is 9.97 Å². The lowest BCUT2D eigenvalue weighted by atomic mass is 10.2. The Bertz CT molecular complexity index is 358. The van der Waals surface area contributed by atoms with Crippen LogP contribution in [0.5, 0.6) is 0 Å². The van der Waals surface area contributed by atoms with Crippen LogP contribution in [0.2, 0.25) is 0 Å². The molecule has 0 saturated heterocycles. The van der Waals surface area contributed by atoms with Gasteiger partial charge in [-0.1, -0.05) is 0 Å². The fourth-order valence-electron chi connectivity index (χ4n) is 1.57. The lowest BCUT2D eigenvalue weighted by Gasteiger charge is -2.02. The fraction of sp³-hybridized carbons (Fsp3) is 0.583. The van der Waals surface area contributed by atoms with Crippen molar-refractivity contribution in [2.45, 2.75) is 38.5 Å². The molecule has 0 unspecified atom stereocenters. The van der Waals surface area contributed by atoms with Crippen molar-refractivity contribution in [3.63, 3.8) is 0 Å². The second-order valence-electron chi connectivity index (χ2n) is 4.01. The van der Waals surface area contributed by atoms with E-state index in [-0.39, 0.29) is 5.97 Å². The molecule has 1 aromatic rings. The van der Waals surface area contributed by atoms with Gasteiger partial charge in [-0.05, 0) is 31.2 Å². The van der Waals surface area contributed by atoms with E-state index in [4.69, 9.17) is 4.74 Å². The normalized spacial score (nSPS) is 14.8. The Morgan fingerprint density at radius 3 is 2.69 bits per heavy atom. The predicted molar refractivity (Wildman–Crippen MR) is 59.0 cm³/mol. The van der Waals surface area contributed by atoms with Crippen molar-refractivity contribution in [2.24, 2.45) is 0 Å². The van der Waals surface area contributed by atoms with Crippen molar-refractivity contribution < 1.29 is 9.53 Å². The largest absolute Gasteiger partial charge is 0.466 e. The van der Waals surface area contributed by atoms with Gasteiger partial charge in [-0.2, -0.15) is 0 Å². The minimum Gasteiger partial charge on any atom is -0.466 e. The molecule has 0 atom stereocenters. The smallest absolute Gasteiger partial charge is 0.306 e. The van der Waals surface area contributed by atoms with Gasteiger partial charge in [0.1, 0.15) is 5.82 Å². The summed E-state index contributed by atoms with van der Waals surface area (Å²) in [5.41, 5.74) is 1.22. The number of rotatable bonds is 5. The number of carbonyl (C=O) groups is 1. The summed E-state index contributed by atoms with van der Waals surface area (Å²) in [5, 5.41) is 0. The van der Waals surface area contributed by atoms with Crippen LogP contribution in [0.3, 0.4) is 0 Å². The molecule has 2 rings (SSSR count). The molecule has 0 spiro atoms. The third-order valence-corrected chi connectivity index (χ3v) is 2.63. The monoisotopic (exact) mass is 220 g/mol. The highest BCUT2D eigenvalue weighted by Crippen LogP contribution is 2.39. The van der Waals surface area contributed by atoms with E-state index in [1.165, 1.54) is 18.4 Å². The summed E-state index contributed by atoms with van der Waals surface area (Å²) in [6, 6.07) is 0. The second kappa shape index (κ2) is 5.05. The Kier molecular flexibility index (Phi) is 3.49. The zero-order valence-electron chi connectivity index (χ0n) is 9.48. The molecule has 1 fully saturated rings. The molecule has 0 radical (unpaired) electrons. The number of hydrogen-bond acceptors (Lipinski definition) is 4. The first-order valence-electron chi connectivity index (χ1n) is 5.76. The van der Waals surface area contributed by atoms with Crippen LogP contribution in [-0.4, -0.2) is 22.5 Å². The van der Waals surface area contributed by atoms with Crippen LogP contribution < -0.4 is 0 Å². The zero-order valence-corrected chi connectivity index (χ0v) is 9.48. The molecule has 0 bridgehead atoms. The molecule has 0 aromatic carbocycles. The maximum Gasteiger partial charge on any atom is 0.306 e. The van der Waals surface area contributed by atoms with Crippen molar-refractivity contribution in [2.75, 3.05) is 6.61 Å². The van der Waals surface area contributed by atoms with Gasteiger partial charge in [-0.3, -0.25) is 4.79 Å². The number of aromatic nitrogens is 2. The Balaban J connectivity index is 1.82. The van der Waals surface area contributed by atoms with Gasteiger partial charge in [0, 0.05) is 18.8 Å². The Morgan fingerprint density at radius 1 is 1.44 bits per heavy atom. The lowest BCUT2D eigenvalue weighted by Crippen LogP contribution is -2.07. The standard InChI is InChI=1S/C12H16N2O2/c1-2-16-12(15)6-5-11-13-7-10(8-14-11)9-3-4-9/h7-9H,2-6H2,1H3. The third kappa shape index (κ3) is 3.02. The quantitative estimate of drug-likeness (QED) is 0.710. The van der Waals surface area contributed by atoms with Crippen molar-refractivity contribution in [1.29, 1.82) is 0 Å². The highest BCUT2D eigenvalue weighted by atomic mass is 16.5. The summed E-state index contributed by atoms with van der Waals surface area (Å²) in [6.07, 6.45) is 7.19. The first kappa shape index (κ1) is 11.0. The Hall–Kier alpha value is -1.45. The average Bonchev–Trinajstić information content (AvgIpc) is 3.11. The van der Waals surface area contributed by atoms with Crippen LogP contribution in [0.1, 0.15) is 43.5 Å². The molecule has 1 heterocycles. The van der Waals surface area contributed by atoms with Crippen molar-refractivity contribution >= 4 is 5.97 Å². The molecule has 0 amide bonds. The first-order chi connectivity index (χ1) is 7.79. The minimum absolute atomic E-state index is 0.183. The SMILES string of the molecule is CCOC(=O)CCc1ncc(C2CC2)cn1. The molecule has 4 heteroatoms. The summed E-state index contributed by atoms with van der Waals surface area (Å²) in [7, 11) is 0. The molecule has 1 aromatic heterocycles. The van der Waals surface area contributed by atoms with Gasteiger partial charge in [0.05, 0.1) is 13.0 Å². The van der Waals surface area contributed by atoms with Gasteiger partial charge in [-0.25, -0.2) is 9.97 Å². The van der Waals surface area contributed by atoms with Crippen molar-refractivity contribution in [1.82, 2.24) is 9.97 Å². The van der Waals surface area contributed by atoms with E-state index in [9.17, 15) is 4.79 Å². The molecule has 1 aliphatic carbocycles. The molecule has 0 aliphatic heterocycles. The van der Waals surface area contributed by atoms with Gasteiger partial charge in [0.2, 0.25) is 0 Å². The first-order valence-corrected chi connectivity index (χ1v) is 5.76. The Labute approximate surface area is 95.1 Å². The number of aryl methyl sites for hydroxylation is 1. The highest BCUT2D eigenvalue weighted by molar-refractivity contribution is 5.69. The van der Waals surface area contributed by atoms with Crippen molar-refractivity contribution in [3.8, 4) is 0 Å². The van der Waals surface area contributed by atoms with E-state index in [0.717, 1.165) is 5.82 Å². The maximum absolute atomic E-state index is 11.1. The van der Waals surface area contributed by atoms with Gasteiger partial charge in [-0.15, -0.1) is 0 Å². The molecular formula is C12H16N2O2. The maximum atomic E-state index is 11.1. The number of nitrogens with zero attached hydrogens (tertiary/aromatic N) is 2. The summed E-state index contributed by atoms with van der Waals surface area (Å²) in [6.45, 7) is 2.24. The van der Waals surface area contributed by atoms with Crippen LogP contribution in [-0.2, 0) is 16.0 Å². The summed E-state index contributed by atoms with van der Waals surface area (Å²) in [4.78, 5) is 19.6. The second-order valence-corrected chi connectivity index (χ2v) is 4.01. The highest BCUT2D eigenvalue weighted by Gasteiger charge is 2.23. The molecule has 4 nitrogen and oxygen atoms in total. The van der Waals surface area contributed by atoms with Crippen molar-refractivity contribution in [3.05, 3.63) is 23.8 Å². The fourth-order valence-corrected chi connectivity index (χ4v) is 1.57. The molecule has 1 saturated carbocycles. The lowest BCUT2D eigenvalue weighted by molar-refractivity contribution is -0.143. The van der Waals surface area contributed by atoms with Crippen LogP contribution in [0.4, 0.5) is 0 Å². The van der Waals surface area contributed by atoms with Gasteiger partial charge in [0.25, 0.3) is 0 Å². The number of esters is 1. The van der Waals surface area contributed by atoms with E-state index in [1.807, 2.05) is 12.4 Å². The van der Waals surface area contributed by atoms with Crippen LogP contribution in [0.25, 0.3) is 0 Å². The minimum atomic E-state index is -0.183. The van der Waals surface area contributed by atoms with E-state index < -0.39 is 0 Å². The summed E-state index contributed by atoms with van der Waals surface area (Å²) in [5.74, 6) is 1.22. The molecule has 86 valence electrons. The van der Waals surface area contributed by atoms with Crippen LogP contribution in [0, 0.1) is 0 Å². The van der Waals surface area contributed by atoms with E-state index in [1.54, 1.807) is 6.92 Å². The van der Waals surface area contributed by atoms with Crippen LogP contribution >= 0.6 is 0 Å². The van der Waals surface area contributed by atoms with Gasteiger partial charge < -0.3 is 4.74 Å². The molecular weight excluding hydrogens is 204 g/mol. The third-order valence-electron chi connectivity index (χ3n) is 2.63. The van der Waals surface area contributed by atoms with E-state index in [0.29, 0.717) is 25.4 Å². The van der Waals surface area contributed by atoms with Gasteiger partial charge >= 0.3 is 5.97 Å².